The highest BCUT2D eigenvalue weighted by atomic mass is 19.1. The predicted molar refractivity (Wildman–Crippen MR) is 38.0 cm³/mol. The van der Waals surface area contributed by atoms with Gasteiger partial charge in [0.15, 0.2) is 0 Å². The highest BCUT2D eigenvalue weighted by Crippen LogP contribution is 2.39. The van der Waals surface area contributed by atoms with Crippen LogP contribution in [0.1, 0.15) is 24.5 Å². The fourth-order valence-electron chi connectivity index (χ4n) is 1.19. The molecule has 1 saturated carbocycles. The van der Waals surface area contributed by atoms with Crippen molar-refractivity contribution in [3.8, 4) is 0 Å². The van der Waals surface area contributed by atoms with E-state index in [1.165, 1.54) is 11.7 Å². The third-order valence-corrected chi connectivity index (χ3v) is 2.00. The van der Waals surface area contributed by atoms with Gasteiger partial charge in [-0.05, 0) is 12.8 Å². The van der Waals surface area contributed by atoms with E-state index in [9.17, 15) is 9.18 Å². The number of hydrogen-bond acceptors (Lipinski definition) is 1. The van der Waals surface area contributed by atoms with Gasteiger partial charge >= 0.3 is 5.56 Å². The van der Waals surface area contributed by atoms with E-state index in [0.29, 0.717) is 5.69 Å². The Morgan fingerprint density at radius 3 is 2.64 bits per heavy atom. The number of aromatic nitrogens is 2. The molecular formula is C7H9FN2O. The Bertz CT molecular complexity index is 335. The van der Waals surface area contributed by atoms with Crippen LogP contribution < -0.4 is 5.56 Å². The van der Waals surface area contributed by atoms with E-state index >= 15 is 0 Å². The van der Waals surface area contributed by atoms with E-state index in [0.717, 1.165) is 12.8 Å². The van der Waals surface area contributed by atoms with Crippen LogP contribution in [0.15, 0.2) is 4.79 Å². The molecular weight excluding hydrogens is 147 g/mol. The topological polar surface area (TPSA) is 37.8 Å². The van der Waals surface area contributed by atoms with Crippen molar-refractivity contribution in [2.45, 2.75) is 18.8 Å². The molecule has 0 aliphatic heterocycles. The molecule has 1 fully saturated rings. The van der Waals surface area contributed by atoms with E-state index < -0.39 is 11.4 Å². The Morgan fingerprint density at radius 1 is 1.64 bits per heavy atom. The second-order valence-electron chi connectivity index (χ2n) is 2.98. The van der Waals surface area contributed by atoms with Gasteiger partial charge in [-0.3, -0.25) is 14.6 Å². The van der Waals surface area contributed by atoms with E-state index in [1.54, 1.807) is 0 Å². The number of nitrogens with one attached hydrogen (secondary N) is 1. The van der Waals surface area contributed by atoms with Crippen LogP contribution in [0.4, 0.5) is 4.39 Å². The molecule has 1 heterocycles. The van der Waals surface area contributed by atoms with Crippen molar-refractivity contribution in [1.29, 1.82) is 0 Å². The van der Waals surface area contributed by atoms with Crippen LogP contribution in [0.25, 0.3) is 0 Å². The van der Waals surface area contributed by atoms with Gasteiger partial charge in [-0.25, -0.2) is 0 Å². The van der Waals surface area contributed by atoms with Crippen molar-refractivity contribution >= 4 is 0 Å². The van der Waals surface area contributed by atoms with Crippen LogP contribution in [0.5, 0.6) is 0 Å². The minimum absolute atomic E-state index is 0.267. The summed E-state index contributed by atoms with van der Waals surface area (Å²) in [4.78, 5) is 10.9. The van der Waals surface area contributed by atoms with Gasteiger partial charge in [0.1, 0.15) is 0 Å². The minimum atomic E-state index is -0.602. The average Bonchev–Trinajstić information content (AvgIpc) is 2.76. The van der Waals surface area contributed by atoms with Crippen LogP contribution >= 0.6 is 0 Å². The molecule has 1 N–H and O–H groups in total. The molecule has 0 aromatic carbocycles. The van der Waals surface area contributed by atoms with Crippen molar-refractivity contribution in [2.24, 2.45) is 7.05 Å². The zero-order chi connectivity index (χ0) is 8.01. The molecule has 0 amide bonds. The Balaban J connectivity index is 2.55. The molecule has 0 atom stereocenters. The van der Waals surface area contributed by atoms with Crippen molar-refractivity contribution in [3.63, 3.8) is 0 Å². The van der Waals surface area contributed by atoms with Crippen LogP contribution in [-0.4, -0.2) is 9.78 Å². The first-order chi connectivity index (χ1) is 5.20. The van der Waals surface area contributed by atoms with Crippen LogP contribution in [0.3, 0.4) is 0 Å². The zero-order valence-corrected chi connectivity index (χ0v) is 6.22. The maximum atomic E-state index is 12.9. The first-order valence-corrected chi connectivity index (χ1v) is 3.64. The molecule has 0 bridgehead atoms. The summed E-state index contributed by atoms with van der Waals surface area (Å²) in [6.45, 7) is 0. The molecule has 11 heavy (non-hydrogen) atoms. The van der Waals surface area contributed by atoms with Crippen molar-refractivity contribution in [2.75, 3.05) is 0 Å². The van der Waals surface area contributed by atoms with Gasteiger partial charge in [0.05, 0.1) is 5.69 Å². The Labute approximate surface area is 62.8 Å². The van der Waals surface area contributed by atoms with Gasteiger partial charge in [-0.15, -0.1) is 0 Å². The Kier molecular flexibility index (Phi) is 1.19. The smallest absolute Gasteiger partial charge is 0.297 e. The number of H-pyrrole nitrogens is 1. The van der Waals surface area contributed by atoms with Crippen LogP contribution in [0, 0.1) is 5.82 Å². The number of aryl methyl sites for hydroxylation is 1. The average molecular weight is 156 g/mol. The lowest BCUT2D eigenvalue weighted by atomic mass is 10.3. The van der Waals surface area contributed by atoms with Gasteiger partial charge in [0.25, 0.3) is 0 Å². The van der Waals surface area contributed by atoms with E-state index in [2.05, 4.69) is 5.10 Å². The SMILES string of the molecule is Cn1[nH]c(C2CC2)c(F)c1=O. The van der Waals surface area contributed by atoms with Crippen molar-refractivity contribution < 1.29 is 4.39 Å². The van der Waals surface area contributed by atoms with E-state index in [-0.39, 0.29) is 5.92 Å². The summed E-state index contributed by atoms with van der Waals surface area (Å²) in [5.74, 6) is -0.334. The van der Waals surface area contributed by atoms with Gasteiger partial charge in [-0.1, -0.05) is 0 Å². The Morgan fingerprint density at radius 2 is 2.27 bits per heavy atom. The lowest BCUT2D eigenvalue weighted by Gasteiger charge is -1.89. The van der Waals surface area contributed by atoms with Gasteiger partial charge < -0.3 is 0 Å². The number of rotatable bonds is 1. The molecule has 0 radical (unpaired) electrons. The minimum Gasteiger partial charge on any atom is -0.297 e. The molecule has 1 aliphatic rings. The second-order valence-corrected chi connectivity index (χ2v) is 2.98. The molecule has 1 aliphatic carbocycles. The predicted octanol–water partition coefficient (Wildman–Crippen LogP) is 0.730. The maximum Gasteiger partial charge on any atom is 0.302 e. The summed E-state index contributed by atoms with van der Waals surface area (Å²) in [5.41, 5.74) is -0.0654. The molecule has 1 aromatic rings. The number of nitrogens with zero attached hydrogens (tertiary/aromatic N) is 1. The number of halogens is 1. The number of aromatic amines is 1. The van der Waals surface area contributed by atoms with Gasteiger partial charge in [0.2, 0.25) is 5.82 Å². The lowest BCUT2D eigenvalue weighted by Crippen LogP contribution is -2.13. The highest BCUT2D eigenvalue weighted by Gasteiger charge is 2.29. The summed E-state index contributed by atoms with van der Waals surface area (Å²) in [6, 6.07) is 0. The largest absolute Gasteiger partial charge is 0.302 e. The van der Waals surface area contributed by atoms with Crippen molar-refractivity contribution in [1.82, 2.24) is 9.78 Å². The lowest BCUT2D eigenvalue weighted by molar-refractivity contribution is 0.598. The molecule has 1 aromatic heterocycles. The van der Waals surface area contributed by atoms with Gasteiger partial charge in [0, 0.05) is 13.0 Å². The Hall–Kier alpha value is -1.06. The molecule has 3 nitrogen and oxygen atoms in total. The maximum absolute atomic E-state index is 12.9. The molecule has 2 rings (SSSR count). The summed E-state index contributed by atoms with van der Waals surface area (Å²) < 4.78 is 14.1. The quantitative estimate of drug-likeness (QED) is 0.639. The molecule has 0 spiro atoms. The third-order valence-electron chi connectivity index (χ3n) is 2.00. The summed E-state index contributed by atoms with van der Waals surface area (Å²) in [5, 5.41) is 2.70. The highest BCUT2D eigenvalue weighted by molar-refractivity contribution is 5.14. The summed E-state index contributed by atoms with van der Waals surface area (Å²) >= 11 is 0. The molecule has 60 valence electrons. The van der Waals surface area contributed by atoms with E-state index in [1.807, 2.05) is 0 Å². The fraction of sp³-hybridized carbons (Fsp3) is 0.571. The second kappa shape index (κ2) is 1.96. The monoisotopic (exact) mass is 156 g/mol. The normalized spacial score (nSPS) is 17.3. The molecule has 4 heteroatoms. The summed E-state index contributed by atoms with van der Waals surface area (Å²) in [7, 11) is 1.53. The zero-order valence-electron chi connectivity index (χ0n) is 6.22. The fourth-order valence-corrected chi connectivity index (χ4v) is 1.19. The first kappa shape index (κ1) is 6.64. The van der Waals surface area contributed by atoms with Crippen LogP contribution in [0.2, 0.25) is 0 Å². The van der Waals surface area contributed by atoms with Crippen LogP contribution in [-0.2, 0) is 7.05 Å². The summed E-state index contributed by atoms with van der Waals surface area (Å²) in [6.07, 6.45) is 1.99. The standard InChI is InChI=1S/C7H9FN2O/c1-10-7(11)5(8)6(9-10)4-2-3-4/h4,9H,2-3H2,1H3. The van der Waals surface area contributed by atoms with Gasteiger partial charge in [-0.2, -0.15) is 4.39 Å². The first-order valence-electron chi connectivity index (χ1n) is 3.64. The number of hydrogen-bond donors (Lipinski definition) is 1. The van der Waals surface area contributed by atoms with Crippen molar-refractivity contribution in [3.05, 3.63) is 21.9 Å². The third kappa shape index (κ3) is 0.895. The molecule has 0 saturated heterocycles. The molecule has 0 unspecified atom stereocenters. The van der Waals surface area contributed by atoms with E-state index in [4.69, 9.17) is 0 Å².